The summed E-state index contributed by atoms with van der Waals surface area (Å²) in [5.74, 6) is 0. The molecule has 0 amide bonds. The first-order chi connectivity index (χ1) is 6.00. The normalized spacial score (nSPS) is 10.9. The third-order valence-corrected chi connectivity index (χ3v) is 0. The van der Waals surface area contributed by atoms with E-state index in [1.807, 2.05) is 0 Å². The Morgan fingerprint density at radius 1 is 0.562 bits per heavy atom. The van der Waals surface area contributed by atoms with E-state index >= 15 is 0 Å². The second-order valence-corrected chi connectivity index (χ2v) is 3.54. The maximum atomic E-state index is 10.1. The largest absolute Gasteiger partial charge is 3.00 e. The monoisotopic (exact) mass is 386 g/mol. The Morgan fingerprint density at radius 2 is 0.562 bits per heavy atom. The summed E-state index contributed by atoms with van der Waals surface area (Å²) in [5, 5.41) is 0. The van der Waals surface area contributed by atoms with Crippen LogP contribution in [-0.2, 0) is 64.2 Å². The van der Waals surface area contributed by atoms with Crippen molar-refractivity contribution in [2.24, 2.45) is 0 Å². The van der Waals surface area contributed by atoms with Gasteiger partial charge in [-0.2, -0.15) is 0 Å². The van der Waals surface area contributed by atoms with E-state index in [-0.39, 0.29) is 32.7 Å². The smallest absolute Gasteiger partial charge is 0.722 e. The van der Waals surface area contributed by atoms with Gasteiger partial charge < -0.3 is 13.7 Å². The summed E-state index contributed by atoms with van der Waals surface area (Å²) in [7, 11) is -16.2. The van der Waals surface area contributed by atoms with E-state index in [9.17, 15) is 11.7 Å². The molecule has 0 aliphatic rings. The van der Waals surface area contributed by atoms with E-state index in [1.54, 1.807) is 0 Å². The maximum absolute atomic E-state index is 10.1. The predicted molar refractivity (Wildman–Crippen MR) is 32.4 cm³/mol. The first-order valence-electron chi connectivity index (χ1n) is 1.96. The van der Waals surface area contributed by atoms with Gasteiger partial charge in [-0.15, -0.1) is 11.7 Å². The predicted octanol–water partition coefficient (Wildman–Crippen LogP) is -1.75. The van der Waals surface area contributed by atoms with E-state index < -0.39 is 31.5 Å². The van der Waals surface area contributed by atoms with Gasteiger partial charge in [0.05, 0.1) is 0 Å². The molecule has 0 atom stereocenters. The average molecular weight is 386 g/mol. The molecule has 0 N–H and O–H groups in total. The molecule has 0 aromatic carbocycles. The summed E-state index contributed by atoms with van der Waals surface area (Å²) in [6.07, 6.45) is 0. The molecule has 0 aromatic heterocycles. The van der Waals surface area contributed by atoms with Crippen molar-refractivity contribution >= 4 is 31.5 Å². The van der Waals surface area contributed by atoms with Crippen molar-refractivity contribution in [3.63, 3.8) is 0 Å². The van der Waals surface area contributed by atoms with Crippen LogP contribution in [0, 0.1) is 0 Å². The van der Waals surface area contributed by atoms with Gasteiger partial charge in [-0.3, -0.25) is 0 Å². The Balaban J connectivity index is -0.0000000655. The van der Waals surface area contributed by atoms with Crippen molar-refractivity contribution in [1.82, 2.24) is 0 Å². The molecule has 16 heavy (non-hydrogen) atoms. The Kier molecular flexibility index (Phi) is 15.3. The standard InChI is InChI=1S/3FHO3S.Y/c3*1-5(2,3)4;/h3*(H,2,3,4);/q;;;+3/p-3. The van der Waals surface area contributed by atoms with E-state index in [0.717, 1.165) is 0 Å². The van der Waals surface area contributed by atoms with Crippen molar-refractivity contribution in [1.29, 1.82) is 0 Å². The van der Waals surface area contributed by atoms with Crippen LogP contribution in [0.1, 0.15) is 0 Å². The number of rotatable bonds is 0. The molecule has 0 fully saturated rings. The minimum Gasteiger partial charge on any atom is -0.722 e. The van der Waals surface area contributed by atoms with Gasteiger partial charge in [0.2, 0.25) is 0 Å². The zero-order chi connectivity index (χ0) is 13.5. The second kappa shape index (κ2) is 9.63. The fraction of sp³-hybridized carbons (Fsp3) is 0. The molecule has 0 aliphatic heterocycles. The maximum Gasteiger partial charge on any atom is 3.00 e. The van der Waals surface area contributed by atoms with Crippen LogP contribution in [0.2, 0.25) is 0 Å². The zero-order valence-electron chi connectivity index (χ0n) is 6.61. The minimum absolute atomic E-state index is 0. The van der Waals surface area contributed by atoms with Crippen LogP contribution >= 0.6 is 0 Å². The van der Waals surface area contributed by atoms with Gasteiger partial charge in [-0.1, -0.05) is 0 Å². The first-order valence-corrected chi connectivity index (χ1v) is 5.89. The molecule has 0 spiro atoms. The summed E-state index contributed by atoms with van der Waals surface area (Å²) >= 11 is 0. The third-order valence-electron chi connectivity index (χ3n) is 0. The minimum atomic E-state index is -5.42. The Morgan fingerprint density at radius 3 is 0.562 bits per heavy atom. The van der Waals surface area contributed by atoms with Crippen molar-refractivity contribution in [3.05, 3.63) is 0 Å². The molecule has 0 radical (unpaired) electrons. The summed E-state index contributed by atoms with van der Waals surface area (Å²) in [4.78, 5) is 0. The van der Waals surface area contributed by atoms with Gasteiger partial charge in [0.15, 0.2) is 0 Å². The van der Waals surface area contributed by atoms with Gasteiger partial charge in [-0.25, -0.2) is 25.3 Å². The average Bonchev–Trinajstić information content (AvgIpc) is 1.41. The van der Waals surface area contributed by atoms with E-state index in [4.69, 9.17) is 38.9 Å². The summed E-state index contributed by atoms with van der Waals surface area (Å²) in [6.45, 7) is 0. The van der Waals surface area contributed by atoms with Crippen LogP contribution in [0.25, 0.3) is 0 Å². The second-order valence-electron chi connectivity index (χ2n) is 1.18. The SMILES string of the molecule is O=S(=O)([O-])F.O=S(=O)([O-])F.O=S(=O)([O-])F.[Y+3]. The van der Waals surface area contributed by atoms with Crippen molar-refractivity contribution < 1.29 is 83.3 Å². The molecule has 0 rings (SSSR count). The van der Waals surface area contributed by atoms with E-state index in [1.165, 1.54) is 0 Å². The molecule has 96 valence electrons. The number of hydrogen-bond donors (Lipinski definition) is 0. The molecular weight excluding hydrogens is 386 g/mol. The van der Waals surface area contributed by atoms with Crippen LogP contribution in [0.4, 0.5) is 11.7 Å². The molecular formula is F3O9S3Y. The quantitative estimate of drug-likeness (QED) is 0.345. The van der Waals surface area contributed by atoms with Crippen LogP contribution in [0.15, 0.2) is 0 Å². The van der Waals surface area contributed by atoms with Crippen LogP contribution < -0.4 is 0 Å². The van der Waals surface area contributed by atoms with Gasteiger partial charge in [-0.05, 0) is 0 Å². The molecule has 0 unspecified atom stereocenters. The van der Waals surface area contributed by atoms with E-state index in [2.05, 4.69) is 0 Å². The number of hydrogen-bond acceptors (Lipinski definition) is 9. The molecule has 0 aromatic rings. The van der Waals surface area contributed by atoms with Gasteiger partial charge in [0.1, 0.15) is 0 Å². The zero-order valence-corrected chi connectivity index (χ0v) is 11.9. The Hall–Kier alpha value is 0.624. The molecule has 0 aliphatic carbocycles. The number of halogens is 3. The molecule has 16 heteroatoms. The summed E-state index contributed by atoms with van der Waals surface area (Å²) in [6, 6.07) is 0. The Bertz CT molecular complexity index is 347. The third kappa shape index (κ3) is 6970. The van der Waals surface area contributed by atoms with E-state index in [0.29, 0.717) is 0 Å². The molecule has 0 saturated carbocycles. The fourth-order valence-electron chi connectivity index (χ4n) is 0. The van der Waals surface area contributed by atoms with Crippen molar-refractivity contribution in [2.75, 3.05) is 0 Å². The molecule has 0 heterocycles. The topological polar surface area (TPSA) is 172 Å². The van der Waals surface area contributed by atoms with Crippen LogP contribution in [-0.4, -0.2) is 38.9 Å². The molecule has 9 nitrogen and oxygen atoms in total. The fourth-order valence-corrected chi connectivity index (χ4v) is 0. The Labute approximate surface area is 114 Å². The van der Waals surface area contributed by atoms with Gasteiger partial charge in [0, 0.05) is 0 Å². The summed E-state index contributed by atoms with van der Waals surface area (Å²) in [5.41, 5.74) is 0. The van der Waals surface area contributed by atoms with Gasteiger partial charge in [0.25, 0.3) is 31.5 Å². The van der Waals surface area contributed by atoms with Crippen LogP contribution in [0.5, 0.6) is 0 Å². The first kappa shape index (κ1) is 25.5. The molecule has 0 bridgehead atoms. The molecule has 0 saturated heterocycles. The van der Waals surface area contributed by atoms with Crippen molar-refractivity contribution in [3.8, 4) is 0 Å². The summed E-state index contributed by atoms with van der Waals surface area (Å²) < 4.78 is 106. The van der Waals surface area contributed by atoms with Crippen molar-refractivity contribution in [2.45, 2.75) is 0 Å². The van der Waals surface area contributed by atoms with Gasteiger partial charge >= 0.3 is 32.7 Å². The van der Waals surface area contributed by atoms with Crippen LogP contribution in [0.3, 0.4) is 0 Å².